The molecule has 0 aliphatic carbocycles. The number of aliphatic hydroxyl groups is 1. The van der Waals surface area contributed by atoms with E-state index in [0.29, 0.717) is 21.9 Å². The SMILES string of the molecule is Cc1ccc(C)c(NC(=O)/C(C#N)=C\c2ccc(SCCO)c([N+](=O)[O-])c2)c1. The van der Waals surface area contributed by atoms with E-state index in [1.807, 2.05) is 32.0 Å². The van der Waals surface area contributed by atoms with E-state index in [4.69, 9.17) is 5.11 Å². The molecule has 144 valence electrons. The zero-order valence-corrected chi connectivity index (χ0v) is 16.2. The summed E-state index contributed by atoms with van der Waals surface area (Å²) in [7, 11) is 0. The summed E-state index contributed by atoms with van der Waals surface area (Å²) in [4.78, 5) is 23.7. The van der Waals surface area contributed by atoms with Crippen LogP contribution in [0.2, 0.25) is 0 Å². The van der Waals surface area contributed by atoms with Crippen molar-refractivity contribution < 1.29 is 14.8 Å². The number of carbonyl (C=O) groups is 1. The number of nitro benzene ring substituents is 1. The van der Waals surface area contributed by atoms with Gasteiger partial charge in [-0.05, 0) is 48.7 Å². The van der Waals surface area contributed by atoms with Crippen molar-refractivity contribution in [2.45, 2.75) is 18.7 Å². The van der Waals surface area contributed by atoms with Crippen molar-refractivity contribution >= 4 is 35.1 Å². The first kappa shape index (κ1) is 21.2. The molecule has 0 bridgehead atoms. The largest absolute Gasteiger partial charge is 0.396 e. The second kappa shape index (κ2) is 9.69. The highest BCUT2D eigenvalue weighted by atomic mass is 32.2. The highest BCUT2D eigenvalue weighted by Gasteiger charge is 2.16. The van der Waals surface area contributed by atoms with Gasteiger partial charge in [-0.1, -0.05) is 18.2 Å². The van der Waals surface area contributed by atoms with Gasteiger partial charge in [0.15, 0.2) is 0 Å². The Morgan fingerprint density at radius 2 is 2.07 bits per heavy atom. The molecule has 0 radical (unpaired) electrons. The fourth-order valence-corrected chi connectivity index (χ4v) is 3.18. The number of rotatable bonds is 7. The Labute approximate surface area is 166 Å². The second-order valence-corrected chi connectivity index (χ2v) is 7.14. The van der Waals surface area contributed by atoms with Crippen LogP contribution in [0.4, 0.5) is 11.4 Å². The highest BCUT2D eigenvalue weighted by molar-refractivity contribution is 7.99. The molecular weight excluding hydrogens is 378 g/mol. The fourth-order valence-electron chi connectivity index (χ4n) is 2.42. The number of carbonyl (C=O) groups excluding carboxylic acids is 1. The number of nitrogens with zero attached hydrogens (tertiary/aromatic N) is 2. The van der Waals surface area contributed by atoms with Gasteiger partial charge in [-0.25, -0.2) is 0 Å². The van der Waals surface area contributed by atoms with Crippen molar-refractivity contribution in [2.24, 2.45) is 0 Å². The Morgan fingerprint density at radius 3 is 2.71 bits per heavy atom. The van der Waals surface area contributed by atoms with E-state index in [1.165, 1.54) is 12.1 Å². The number of aliphatic hydroxyl groups excluding tert-OH is 1. The Kier molecular flexibility index (Phi) is 7.32. The minimum atomic E-state index is -0.586. The lowest BCUT2D eigenvalue weighted by atomic mass is 10.1. The third-order valence-electron chi connectivity index (χ3n) is 3.85. The summed E-state index contributed by atoms with van der Waals surface area (Å²) >= 11 is 1.16. The molecule has 0 fully saturated rings. The maximum atomic E-state index is 12.5. The highest BCUT2D eigenvalue weighted by Crippen LogP contribution is 2.30. The molecular formula is C20H19N3O4S. The average Bonchev–Trinajstić information content (AvgIpc) is 2.67. The first-order valence-electron chi connectivity index (χ1n) is 8.38. The van der Waals surface area contributed by atoms with Gasteiger partial charge in [0.2, 0.25) is 0 Å². The molecule has 0 saturated heterocycles. The predicted molar refractivity (Wildman–Crippen MR) is 109 cm³/mol. The zero-order valence-electron chi connectivity index (χ0n) is 15.4. The van der Waals surface area contributed by atoms with E-state index < -0.39 is 10.8 Å². The molecule has 0 saturated carbocycles. The van der Waals surface area contributed by atoms with Crippen LogP contribution in [0.25, 0.3) is 6.08 Å². The zero-order chi connectivity index (χ0) is 20.7. The molecule has 8 heteroatoms. The predicted octanol–water partition coefficient (Wildman–Crippen LogP) is 3.84. The third kappa shape index (κ3) is 5.42. The van der Waals surface area contributed by atoms with Crippen molar-refractivity contribution in [1.82, 2.24) is 0 Å². The van der Waals surface area contributed by atoms with E-state index in [-0.39, 0.29) is 17.9 Å². The number of nitriles is 1. The van der Waals surface area contributed by atoms with Gasteiger partial charge in [0.05, 0.1) is 16.4 Å². The van der Waals surface area contributed by atoms with Crippen molar-refractivity contribution in [2.75, 3.05) is 17.7 Å². The fraction of sp³-hybridized carbons (Fsp3) is 0.200. The molecule has 0 spiro atoms. The summed E-state index contributed by atoms with van der Waals surface area (Å²) in [6, 6.07) is 11.9. The summed E-state index contributed by atoms with van der Waals surface area (Å²) in [6.45, 7) is 3.64. The van der Waals surface area contributed by atoms with Crippen LogP contribution in [0, 0.1) is 35.3 Å². The monoisotopic (exact) mass is 397 g/mol. The lowest BCUT2D eigenvalue weighted by Gasteiger charge is -2.09. The molecule has 0 aromatic heterocycles. The molecule has 0 atom stereocenters. The summed E-state index contributed by atoms with van der Waals surface area (Å²) < 4.78 is 0. The number of aryl methyl sites for hydroxylation is 2. The molecule has 2 aromatic rings. The van der Waals surface area contributed by atoms with Gasteiger partial charge in [0, 0.05) is 17.5 Å². The molecule has 0 aliphatic rings. The smallest absolute Gasteiger partial charge is 0.283 e. The quantitative estimate of drug-likeness (QED) is 0.241. The lowest BCUT2D eigenvalue weighted by Crippen LogP contribution is -2.14. The molecule has 7 nitrogen and oxygen atoms in total. The standard InChI is InChI=1S/C20H19N3O4S/c1-13-3-4-14(2)17(9-13)22-20(25)16(12-21)10-15-5-6-19(28-8-7-24)18(11-15)23(26)27/h3-6,9-11,24H,7-8H2,1-2H3,(H,22,25)/b16-10-. The van der Waals surface area contributed by atoms with E-state index in [0.717, 1.165) is 22.9 Å². The van der Waals surface area contributed by atoms with E-state index in [2.05, 4.69) is 5.32 Å². The van der Waals surface area contributed by atoms with Gasteiger partial charge in [-0.15, -0.1) is 11.8 Å². The van der Waals surface area contributed by atoms with Crippen LogP contribution in [0.3, 0.4) is 0 Å². The molecule has 0 heterocycles. The van der Waals surface area contributed by atoms with Crippen LogP contribution in [0.15, 0.2) is 46.9 Å². The molecule has 0 aliphatic heterocycles. The van der Waals surface area contributed by atoms with Crippen molar-refractivity contribution in [1.29, 1.82) is 5.26 Å². The minimum Gasteiger partial charge on any atom is -0.396 e. The third-order valence-corrected chi connectivity index (χ3v) is 4.89. The van der Waals surface area contributed by atoms with Gasteiger partial charge in [-0.3, -0.25) is 14.9 Å². The number of nitrogens with one attached hydrogen (secondary N) is 1. The summed E-state index contributed by atoms with van der Waals surface area (Å²) in [5.74, 6) is -0.254. The Morgan fingerprint density at radius 1 is 1.32 bits per heavy atom. The van der Waals surface area contributed by atoms with E-state index >= 15 is 0 Å². The number of benzene rings is 2. The first-order chi connectivity index (χ1) is 13.3. The number of hydrogen-bond acceptors (Lipinski definition) is 6. The normalized spacial score (nSPS) is 11.0. The summed E-state index contributed by atoms with van der Waals surface area (Å²) in [6.07, 6.45) is 1.31. The van der Waals surface area contributed by atoms with Gasteiger partial charge in [0.1, 0.15) is 11.6 Å². The molecule has 2 rings (SSSR count). The van der Waals surface area contributed by atoms with Crippen LogP contribution >= 0.6 is 11.8 Å². The maximum Gasteiger partial charge on any atom is 0.283 e. The average molecular weight is 397 g/mol. The second-order valence-electron chi connectivity index (χ2n) is 6.00. The Bertz CT molecular complexity index is 980. The lowest BCUT2D eigenvalue weighted by molar-refractivity contribution is -0.387. The maximum absolute atomic E-state index is 12.5. The summed E-state index contributed by atoms with van der Waals surface area (Å²) in [5.41, 5.74) is 2.50. The van der Waals surface area contributed by atoms with E-state index in [1.54, 1.807) is 18.2 Å². The van der Waals surface area contributed by atoms with Crippen LogP contribution in [0.5, 0.6) is 0 Å². The van der Waals surface area contributed by atoms with Crippen molar-refractivity contribution in [3.05, 3.63) is 68.8 Å². The van der Waals surface area contributed by atoms with Crippen LogP contribution < -0.4 is 5.32 Å². The minimum absolute atomic E-state index is 0.0966. The number of thioether (sulfide) groups is 1. The van der Waals surface area contributed by atoms with Gasteiger partial charge < -0.3 is 10.4 Å². The molecule has 2 N–H and O–H groups in total. The Balaban J connectivity index is 2.31. The molecule has 2 aromatic carbocycles. The van der Waals surface area contributed by atoms with E-state index in [9.17, 15) is 20.2 Å². The van der Waals surface area contributed by atoms with Crippen LogP contribution in [0.1, 0.15) is 16.7 Å². The van der Waals surface area contributed by atoms with Gasteiger partial charge in [0.25, 0.3) is 11.6 Å². The number of nitro groups is 1. The van der Waals surface area contributed by atoms with Gasteiger partial charge in [-0.2, -0.15) is 5.26 Å². The molecule has 0 unspecified atom stereocenters. The van der Waals surface area contributed by atoms with Crippen LogP contribution in [-0.2, 0) is 4.79 Å². The van der Waals surface area contributed by atoms with Gasteiger partial charge >= 0.3 is 0 Å². The number of amides is 1. The number of hydrogen-bond donors (Lipinski definition) is 2. The molecule has 28 heavy (non-hydrogen) atoms. The van der Waals surface area contributed by atoms with Crippen LogP contribution in [-0.4, -0.2) is 28.3 Å². The van der Waals surface area contributed by atoms with Crippen molar-refractivity contribution in [3.8, 4) is 6.07 Å². The Hall–Kier alpha value is -3.15. The summed E-state index contributed by atoms with van der Waals surface area (Å²) in [5, 5.41) is 32.3. The van der Waals surface area contributed by atoms with Crippen molar-refractivity contribution in [3.63, 3.8) is 0 Å². The first-order valence-corrected chi connectivity index (χ1v) is 9.36. The number of anilines is 1. The topological polar surface area (TPSA) is 116 Å². The molecule has 1 amide bonds.